The molecule has 3 unspecified atom stereocenters. The van der Waals surface area contributed by atoms with E-state index in [1.54, 1.807) is 0 Å². The van der Waals surface area contributed by atoms with Gasteiger partial charge in [-0.3, -0.25) is 0 Å². The fourth-order valence-corrected chi connectivity index (χ4v) is 2.35. The molecule has 1 aliphatic rings. The lowest BCUT2D eigenvalue weighted by molar-refractivity contribution is 0.204. The Morgan fingerprint density at radius 3 is 2.31 bits per heavy atom. The summed E-state index contributed by atoms with van der Waals surface area (Å²) < 4.78 is 0. The number of rotatable bonds is 2. The summed E-state index contributed by atoms with van der Waals surface area (Å²) in [6.07, 6.45) is 9.44. The summed E-state index contributed by atoms with van der Waals surface area (Å²) in [5, 5.41) is 3.53. The highest BCUT2D eigenvalue weighted by Gasteiger charge is 2.27. The molecule has 0 aromatic carbocycles. The zero-order valence-electron chi connectivity index (χ0n) is 9.01. The summed E-state index contributed by atoms with van der Waals surface area (Å²) in [7, 11) is 0. The van der Waals surface area contributed by atoms with Crippen molar-refractivity contribution in [2.75, 3.05) is 0 Å². The molecular weight excluding hydrogens is 158 g/mol. The van der Waals surface area contributed by atoms with Gasteiger partial charge in [-0.1, -0.05) is 26.2 Å². The molecule has 1 fully saturated rings. The molecule has 0 aliphatic heterocycles. The van der Waals surface area contributed by atoms with E-state index in [2.05, 4.69) is 32.0 Å². The Morgan fingerprint density at radius 1 is 1.31 bits per heavy atom. The third kappa shape index (κ3) is 2.74. The highest BCUT2D eigenvalue weighted by Crippen LogP contribution is 2.28. The summed E-state index contributed by atoms with van der Waals surface area (Å²) >= 11 is 0. The molecule has 0 bridgehead atoms. The Bertz CT molecular complexity index is 182. The zero-order chi connectivity index (χ0) is 9.84. The molecule has 1 aliphatic carbocycles. The maximum absolute atomic E-state index is 5.37. The van der Waals surface area contributed by atoms with Gasteiger partial charge in [0.05, 0.1) is 6.04 Å². The molecule has 3 atom stereocenters. The lowest BCUT2D eigenvalue weighted by Gasteiger charge is -2.36. The van der Waals surface area contributed by atoms with Crippen molar-refractivity contribution < 1.29 is 0 Å². The third-order valence-electron chi connectivity index (χ3n) is 3.24. The summed E-state index contributed by atoms with van der Waals surface area (Å²) in [5.74, 6) is 4.30. The van der Waals surface area contributed by atoms with Gasteiger partial charge < -0.3 is 5.32 Å². The predicted octanol–water partition coefficient (Wildman–Crippen LogP) is 2.42. The molecule has 0 heterocycles. The van der Waals surface area contributed by atoms with Crippen molar-refractivity contribution in [3.8, 4) is 12.3 Å². The van der Waals surface area contributed by atoms with Gasteiger partial charge in [-0.25, -0.2) is 0 Å². The normalized spacial score (nSPS) is 36.6. The Balaban J connectivity index is 2.49. The standard InChI is InChI=1S/C12H21N/c1-5-11(4)13-12-9(2)7-6-8-10(12)3/h1,9-13H,6-8H2,2-4H3. The molecule has 0 amide bonds. The van der Waals surface area contributed by atoms with Gasteiger partial charge in [0, 0.05) is 6.04 Å². The van der Waals surface area contributed by atoms with Crippen LogP contribution in [-0.2, 0) is 0 Å². The van der Waals surface area contributed by atoms with Gasteiger partial charge in [0.2, 0.25) is 0 Å². The largest absolute Gasteiger partial charge is 0.301 e. The van der Waals surface area contributed by atoms with E-state index in [-0.39, 0.29) is 6.04 Å². The molecule has 1 heteroatoms. The lowest BCUT2D eigenvalue weighted by Crippen LogP contribution is -2.46. The Kier molecular flexibility index (Phi) is 3.81. The van der Waals surface area contributed by atoms with Crippen molar-refractivity contribution in [3.63, 3.8) is 0 Å². The quantitative estimate of drug-likeness (QED) is 0.642. The number of terminal acetylenes is 1. The second-order valence-electron chi connectivity index (χ2n) is 4.47. The first-order chi connectivity index (χ1) is 6.15. The molecule has 0 spiro atoms. The van der Waals surface area contributed by atoms with Gasteiger partial charge in [-0.2, -0.15) is 0 Å². The van der Waals surface area contributed by atoms with Crippen molar-refractivity contribution >= 4 is 0 Å². The van der Waals surface area contributed by atoms with E-state index in [4.69, 9.17) is 6.42 Å². The van der Waals surface area contributed by atoms with Crippen LogP contribution in [0.4, 0.5) is 0 Å². The van der Waals surface area contributed by atoms with Crippen molar-refractivity contribution in [1.82, 2.24) is 5.32 Å². The van der Waals surface area contributed by atoms with Crippen LogP contribution in [0.2, 0.25) is 0 Å². The predicted molar refractivity (Wildman–Crippen MR) is 57.4 cm³/mol. The smallest absolute Gasteiger partial charge is 0.0660 e. The van der Waals surface area contributed by atoms with E-state index in [1.807, 2.05) is 0 Å². The van der Waals surface area contributed by atoms with Crippen molar-refractivity contribution in [2.45, 2.75) is 52.1 Å². The van der Waals surface area contributed by atoms with E-state index in [0.717, 1.165) is 11.8 Å². The highest BCUT2D eigenvalue weighted by molar-refractivity contribution is 4.98. The van der Waals surface area contributed by atoms with Gasteiger partial charge in [-0.05, 0) is 31.6 Å². The first-order valence-electron chi connectivity index (χ1n) is 5.37. The zero-order valence-corrected chi connectivity index (χ0v) is 9.01. The molecule has 0 aromatic heterocycles. The molecule has 0 radical (unpaired) electrons. The lowest BCUT2D eigenvalue weighted by atomic mass is 9.78. The number of nitrogens with one attached hydrogen (secondary N) is 1. The van der Waals surface area contributed by atoms with Crippen LogP contribution in [0.5, 0.6) is 0 Å². The second-order valence-corrected chi connectivity index (χ2v) is 4.47. The average molecular weight is 179 g/mol. The van der Waals surface area contributed by atoms with Gasteiger partial charge in [0.1, 0.15) is 0 Å². The third-order valence-corrected chi connectivity index (χ3v) is 3.24. The summed E-state index contributed by atoms with van der Waals surface area (Å²) in [4.78, 5) is 0. The van der Waals surface area contributed by atoms with Gasteiger partial charge in [0.15, 0.2) is 0 Å². The summed E-state index contributed by atoms with van der Waals surface area (Å²) in [6.45, 7) is 6.72. The molecule has 74 valence electrons. The van der Waals surface area contributed by atoms with Crippen LogP contribution in [0, 0.1) is 24.2 Å². The SMILES string of the molecule is C#CC(C)NC1C(C)CCCC1C. The van der Waals surface area contributed by atoms with E-state index in [0.29, 0.717) is 6.04 Å². The summed E-state index contributed by atoms with van der Waals surface area (Å²) in [6, 6.07) is 0.841. The first-order valence-corrected chi connectivity index (χ1v) is 5.37. The molecule has 13 heavy (non-hydrogen) atoms. The Labute approximate surface area is 82.3 Å². The Morgan fingerprint density at radius 2 is 1.85 bits per heavy atom. The van der Waals surface area contributed by atoms with Gasteiger partial charge in [0.25, 0.3) is 0 Å². The van der Waals surface area contributed by atoms with Crippen LogP contribution in [0.25, 0.3) is 0 Å². The molecule has 1 rings (SSSR count). The van der Waals surface area contributed by atoms with E-state index in [1.165, 1.54) is 19.3 Å². The van der Waals surface area contributed by atoms with Crippen LogP contribution in [0.3, 0.4) is 0 Å². The fraction of sp³-hybridized carbons (Fsp3) is 0.833. The molecule has 1 saturated carbocycles. The fourth-order valence-electron chi connectivity index (χ4n) is 2.35. The monoisotopic (exact) mass is 179 g/mol. The minimum atomic E-state index is 0.216. The minimum absolute atomic E-state index is 0.216. The highest BCUT2D eigenvalue weighted by atomic mass is 15.0. The number of hydrogen-bond acceptors (Lipinski definition) is 1. The maximum Gasteiger partial charge on any atom is 0.0660 e. The van der Waals surface area contributed by atoms with Gasteiger partial charge in [-0.15, -0.1) is 6.42 Å². The summed E-state index contributed by atoms with van der Waals surface area (Å²) in [5.41, 5.74) is 0. The van der Waals surface area contributed by atoms with Crippen LogP contribution < -0.4 is 5.32 Å². The molecule has 0 aromatic rings. The van der Waals surface area contributed by atoms with E-state index < -0.39 is 0 Å². The second kappa shape index (κ2) is 4.67. The number of hydrogen-bond donors (Lipinski definition) is 1. The van der Waals surface area contributed by atoms with Crippen LogP contribution in [-0.4, -0.2) is 12.1 Å². The molecule has 1 N–H and O–H groups in total. The van der Waals surface area contributed by atoms with Crippen molar-refractivity contribution in [3.05, 3.63) is 0 Å². The first kappa shape index (κ1) is 10.6. The Hall–Kier alpha value is -0.480. The van der Waals surface area contributed by atoms with E-state index in [9.17, 15) is 0 Å². The maximum atomic E-state index is 5.37. The van der Waals surface area contributed by atoms with Crippen LogP contribution >= 0.6 is 0 Å². The topological polar surface area (TPSA) is 12.0 Å². The van der Waals surface area contributed by atoms with Crippen molar-refractivity contribution in [2.24, 2.45) is 11.8 Å². The van der Waals surface area contributed by atoms with Crippen LogP contribution in [0.15, 0.2) is 0 Å². The van der Waals surface area contributed by atoms with E-state index >= 15 is 0 Å². The molecule has 1 nitrogen and oxygen atoms in total. The van der Waals surface area contributed by atoms with Gasteiger partial charge >= 0.3 is 0 Å². The molecular formula is C12H21N. The minimum Gasteiger partial charge on any atom is -0.301 e. The molecule has 0 saturated heterocycles. The van der Waals surface area contributed by atoms with Crippen molar-refractivity contribution in [1.29, 1.82) is 0 Å². The van der Waals surface area contributed by atoms with Crippen LogP contribution in [0.1, 0.15) is 40.0 Å². The average Bonchev–Trinajstić information content (AvgIpc) is 2.11.